The number of piperazine rings is 1. The highest BCUT2D eigenvalue weighted by atomic mass is 16.6. The van der Waals surface area contributed by atoms with E-state index in [4.69, 9.17) is 4.74 Å². The third-order valence-corrected chi connectivity index (χ3v) is 4.97. The Balaban J connectivity index is 1.68. The van der Waals surface area contributed by atoms with Crippen molar-refractivity contribution in [3.05, 3.63) is 23.8 Å². The zero-order valence-corrected chi connectivity index (χ0v) is 16.0. The molecule has 6 nitrogen and oxygen atoms in total. The second kappa shape index (κ2) is 7.98. The minimum atomic E-state index is -0.394. The highest BCUT2D eigenvalue weighted by molar-refractivity contribution is 5.98. The van der Waals surface area contributed by atoms with Gasteiger partial charge < -0.3 is 14.5 Å². The van der Waals surface area contributed by atoms with Crippen LogP contribution in [0.1, 0.15) is 32.3 Å². The molecule has 2 saturated heterocycles. The summed E-state index contributed by atoms with van der Waals surface area (Å²) in [4.78, 5) is 30.5. The molecule has 0 spiro atoms. The average molecular weight is 359 g/mol. The van der Waals surface area contributed by atoms with Crippen LogP contribution in [-0.4, -0.2) is 56.2 Å². The van der Waals surface area contributed by atoms with E-state index in [1.54, 1.807) is 4.90 Å². The monoisotopic (exact) mass is 359 g/mol. The van der Waals surface area contributed by atoms with Gasteiger partial charge in [0.2, 0.25) is 5.91 Å². The van der Waals surface area contributed by atoms with Gasteiger partial charge in [0, 0.05) is 37.6 Å². The van der Waals surface area contributed by atoms with Gasteiger partial charge in [-0.15, -0.1) is 0 Å². The van der Waals surface area contributed by atoms with Crippen LogP contribution in [0.4, 0.5) is 16.2 Å². The summed E-state index contributed by atoms with van der Waals surface area (Å²) < 4.78 is 5.25. The fourth-order valence-corrected chi connectivity index (χ4v) is 3.47. The van der Waals surface area contributed by atoms with Crippen LogP contribution < -0.4 is 9.80 Å². The van der Waals surface area contributed by atoms with Gasteiger partial charge in [-0.25, -0.2) is 4.79 Å². The van der Waals surface area contributed by atoms with E-state index in [9.17, 15) is 9.59 Å². The summed E-state index contributed by atoms with van der Waals surface area (Å²) in [5.74, 6) is 0.228. The maximum atomic E-state index is 12.7. The molecule has 0 aliphatic carbocycles. The van der Waals surface area contributed by atoms with Crippen molar-refractivity contribution < 1.29 is 14.3 Å². The van der Waals surface area contributed by atoms with Gasteiger partial charge in [-0.3, -0.25) is 9.69 Å². The first kappa shape index (κ1) is 18.5. The van der Waals surface area contributed by atoms with Gasteiger partial charge in [-0.2, -0.15) is 0 Å². The van der Waals surface area contributed by atoms with E-state index in [-0.39, 0.29) is 18.4 Å². The Bertz CT molecular complexity index is 668. The number of benzene rings is 1. The van der Waals surface area contributed by atoms with Crippen molar-refractivity contribution in [2.45, 2.75) is 33.6 Å². The van der Waals surface area contributed by atoms with E-state index >= 15 is 0 Å². The van der Waals surface area contributed by atoms with E-state index in [1.807, 2.05) is 20.8 Å². The fourth-order valence-electron chi connectivity index (χ4n) is 3.47. The second-order valence-electron chi connectivity index (χ2n) is 7.60. The van der Waals surface area contributed by atoms with Gasteiger partial charge in [0.1, 0.15) is 6.54 Å². The number of amides is 2. The molecule has 0 aromatic heterocycles. The Morgan fingerprint density at radius 1 is 1.15 bits per heavy atom. The topological polar surface area (TPSA) is 53.1 Å². The normalized spacial score (nSPS) is 18.0. The highest BCUT2D eigenvalue weighted by Crippen LogP contribution is 2.29. The van der Waals surface area contributed by atoms with Crippen molar-refractivity contribution in [3.8, 4) is 0 Å². The zero-order valence-electron chi connectivity index (χ0n) is 16.0. The molecule has 2 aliphatic heterocycles. The third kappa shape index (κ3) is 4.11. The molecule has 142 valence electrons. The molecule has 3 rings (SSSR count). The van der Waals surface area contributed by atoms with Crippen molar-refractivity contribution in [1.29, 1.82) is 0 Å². The smallest absolute Gasteiger partial charge is 0.410 e. The largest absolute Gasteiger partial charge is 0.449 e. The van der Waals surface area contributed by atoms with Crippen LogP contribution in [0.5, 0.6) is 0 Å². The Hall–Kier alpha value is -2.24. The number of carbonyl (C=O) groups is 2. The lowest BCUT2D eigenvalue weighted by molar-refractivity contribution is -0.120. The first-order chi connectivity index (χ1) is 12.5. The van der Waals surface area contributed by atoms with Gasteiger partial charge in [0.15, 0.2) is 0 Å². The predicted molar refractivity (Wildman–Crippen MR) is 103 cm³/mol. The Kier molecular flexibility index (Phi) is 5.69. The van der Waals surface area contributed by atoms with Gasteiger partial charge >= 0.3 is 6.09 Å². The lowest BCUT2D eigenvalue weighted by Gasteiger charge is -2.35. The summed E-state index contributed by atoms with van der Waals surface area (Å²) in [6.07, 6.45) is 2.05. The molecule has 2 aliphatic rings. The van der Waals surface area contributed by atoms with E-state index in [0.29, 0.717) is 19.7 Å². The van der Waals surface area contributed by atoms with E-state index in [1.165, 1.54) is 23.4 Å². The van der Waals surface area contributed by atoms with Gasteiger partial charge in [-0.1, -0.05) is 19.9 Å². The van der Waals surface area contributed by atoms with Crippen LogP contribution in [-0.2, 0) is 9.53 Å². The first-order valence-corrected chi connectivity index (χ1v) is 9.53. The van der Waals surface area contributed by atoms with Crippen LogP contribution in [0, 0.1) is 12.8 Å². The van der Waals surface area contributed by atoms with Crippen LogP contribution in [0.15, 0.2) is 18.2 Å². The van der Waals surface area contributed by atoms with Crippen molar-refractivity contribution in [3.63, 3.8) is 0 Å². The van der Waals surface area contributed by atoms with Crippen molar-refractivity contribution >= 4 is 23.4 Å². The van der Waals surface area contributed by atoms with Crippen molar-refractivity contribution in [2.75, 3.05) is 49.1 Å². The van der Waals surface area contributed by atoms with Gasteiger partial charge in [0.05, 0.1) is 6.61 Å². The molecule has 0 saturated carbocycles. The van der Waals surface area contributed by atoms with E-state index < -0.39 is 6.09 Å². The van der Waals surface area contributed by atoms with Crippen molar-refractivity contribution in [1.82, 2.24) is 4.90 Å². The maximum Gasteiger partial charge on any atom is 0.410 e. The second-order valence-corrected chi connectivity index (χ2v) is 7.60. The summed E-state index contributed by atoms with van der Waals surface area (Å²) >= 11 is 0. The summed E-state index contributed by atoms with van der Waals surface area (Å²) in [6, 6.07) is 6.33. The SMILES string of the molecule is Cc1ccc(N2CCCC2)cc1N1CCN(C(=O)OCC(C)C)CC1=O. The molecule has 0 radical (unpaired) electrons. The molecule has 2 fully saturated rings. The van der Waals surface area contributed by atoms with Crippen LogP contribution in [0.25, 0.3) is 0 Å². The Morgan fingerprint density at radius 3 is 2.54 bits per heavy atom. The number of carbonyl (C=O) groups excluding carboxylic acids is 2. The molecule has 0 N–H and O–H groups in total. The molecule has 1 aromatic carbocycles. The Morgan fingerprint density at radius 2 is 1.88 bits per heavy atom. The molecule has 2 heterocycles. The summed E-state index contributed by atoms with van der Waals surface area (Å²) in [6.45, 7) is 9.61. The van der Waals surface area contributed by atoms with Gasteiger partial charge in [-0.05, 0) is 43.4 Å². The number of anilines is 2. The average Bonchev–Trinajstić information content (AvgIpc) is 3.15. The van der Waals surface area contributed by atoms with Gasteiger partial charge in [0.25, 0.3) is 0 Å². The minimum Gasteiger partial charge on any atom is -0.449 e. The maximum absolute atomic E-state index is 12.7. The molecule has 26 heavy (non-hydrogen) atoms. The minimum absolute atomic E-state index is 0.0561. The fraction of sp³-hybridized carbons (Fsp3) is 0.600. The number of nitrogens with zero attached hydrogens (tertiary/aromatic N) is 3. The molecule has 6 heteroatoms. The molecule has 0 atom stereocenters. The van der Waals surface area contributed by atoms with Crippen LogP contribution in [0.2, 0.25) is 0 Å². The number of rotatable bonds is 4. The standard InChI is InChI=1S/C20H29N3O3/c1-15(2)14-26-20(25)22-10-11-23(19(24)13-22)18-12-17(7-6-16(18)3)21-8-4-5-9-21/h6-7,12,15H,4-5,8-11,13-14H2,1-3H3. The number of ether oxygens (including phenoxy) is 1. The Labute approximate surface area is 155 Å². The molecule has 0 unspecified atom stereocenters. The quantitative estimate of drug-likeness (QED) is 0.829. The predicted octanol–water partition coefficient (Wildman–Crippen LogP) is 3.04. The molecular weight excluding hydrogens is 330 g/mol. The molecule has 0 bridgehead atoms. The summed E-state index contributed by atoms with van der Waals surface area (Å²) in [7, 11) is 0. The number of aryl methyl sites for hydroxylation is 1. The molecule has 1 aromatic rings. The number of hydrogen-bond acceptors (Lipinski definition) is 4. The van der Waals surface area contributed by atoms with Crippen molar-refractivity contribution in [2.24, 2.45) is 5.92 Å². The van der Waals surface area contributed by atoms with Crippen LogP contribution >= 0.6 is 0 Å². The lowest BCUT2D eigenvalue weighted by atomic mass is 10.1. The van der Waals surface area contributed by atoms with E-state index in [2.05, 4.69) is 23.1 Å². The van der Waals surface area contributed by atoms with E-state index in [0.717, 1.165) is 24.3 Å². The van der Waals surface area contributed by atoms with Crippen LogP contribution in [0.3, 0.4) is 0 Å². The zero-order chi connectivity index (χ0) is 18.7. The highest BCUT2D eigenvalue weighted by Gasteiger charge is 2.30. The molecule has 2 amide bonds. The first-order valence-electron chi connectivity index (χ1n) is 9.53. The number of hydrogen-bond donors (Lipinski definition) is 0. The lowest BCUT2D eigenvalue weighted by Crippen LogP contribution is -2.52. The third-order valence-electron chi connectivity index (χ3n) is 4.97. The summed E-state index contributed by atoms with van der Waals surface area (Å²) in [5.41, 5.74) is 3.21. The summed E-state index contributed by atoms with van der Waals surface area (Å²) in [5, 5.41) is 0. The molecular formula is C20H29N3O3.